The summed E-state index contributed by atoms with van der Waals surface area (Å²) >= 11 is 0. The highest BCUT2D eigenvalue weighted by atomic mass is 16.5. The number of allylic oxidation sites excluding steroid dienone is 6. The van der Waals surface area contributed by atoms with Gasteiger partial charge in [0.1, 0.15) is 0 Å². The van der Waals surface area contributed by atoms with Crippen molar-refractivity contribution in [1.82, 2.24) is 10.2 Å². The van der Waals surface area contributed by atoms with Gasteiger partial charge in [-0.15, -0.1) is 0 Å². The van der Waals surface area contributed by atoms with Gasteiger partial charge in [0.2, 0.25) is 0 Å². The minimum atomic E-state index is 0.740. The summed E-state index contributed by atoms with van der Waals surface area (Å²) in [6, 6.07) is 4.14. The molecule has 3 heteroatoms. The summed E-state index contributed by atoms with van der Waals surface area (Å²) < 4.78 is 6.10. The van der Waals surface area contributed by atoms with Crippen LogP contribution in [-0.4, -0.2) is 48.3 Å². The van der Waals surface area contributed by atoms with E-state index in [0.29, 0.717) is 0 Å². The van der Waals surface area contributed by atoms with E-state index in [2.05, 4.69) is 34.5 Å². The van der Waals surface area contributed by atoms with Crippen LogP contribution in [0.5, 0.6) is 0 Å². The van der Waals surface area contributed by atoms with Crippen LogP contribution in [0.25, 0.3) is 0 Å². The predicted molar refractivity (Wildman–Crippen MR) is 245 cm³/mol. The maximum absolute atomic E-state index is 6.10. The maximum Gasteiger partial charge on any atom is 0.0497 e. The van der Waals surface area contributed by atoms with Gasteiger partial charge in [-0.1, -0.05) is 61.1 Å². The molecular weight excluding hydrogens is 717 g/mol. The third-order valence-electron chi connectivity index (χ3n) is 21.0. The Hall–Kier alpha value is -0.900. The summed E-state index contributed by atoms with van der Waals surface area (Å²) in [5, 5.41) is 4.45. The lowest BCUT2D eigenvalue weighted by molar-refractivity contribution is 0.0231. The summed E-state index contributed by atoms with van der Waals surface area (Å²) in [5.74, 6) is 11.6. The fraction of sp³-hybridized carbons (Fsp3) is 0.893. The molecule has 16 atom stereocenters. The second-order valence-corrected chi connectivity index (χ2v) is 23.8. The molecule has 8 fully saturated rings. The number of hydrogen-bond acceptors (Lipinski definition) is 3. The molecule has 15 unspecified atom stereocenters. The molecular formula is C56H88N2O. The Labute approximate surface area is 362 Å². The van der Waals surface area contributed by atoms with Crippen LogP contribution in [0.2, 0.25) is 0 Å². The summed E-state index contributed by atoms with van der Waals surface area (Å²) in [4.78, 5) is 3.38. The molecule has 2 saturated heterocycles. The van der Waals surface area contributed by atoms with E-state index in [1.807, 2.05) is 11.1 Å². The number of rotatable bonds is 11. The maximum atomic E-state index is 6.10. The van der Waals surface area contributed by atoms with Gasteiger partial charge in [-0.3, -0.25) is 4.90 Å². The lowest BCUT2D eigenvalue weighted by Gasteiger charge is -2.48. The Bertz CT molecular complexity index is 1480. The number of ether oxygens (including phenoxy) is 1. The fourth-order valence-electron chi connectivity index (χ4n) is 18.3. The van der Waals surface area contributed by atoms with Crippen LogP contribution in [0.15, 0.2) is 35.5 Å². The second kappa shape index (κ2) is 18.7. The molecule has 328 valence electrons. The van der Waals surface area contributed by atoms with Crippen molar-refractivity contribution < 1.29 is 4.74 Å². The largest absolute Gasteiger partial charge is 0.381 e. The van der Waals surface area contributed by atoms with Crippen molar-refractivity contribution in [2.45, 2.75) is 229 Å². The van der Waals surface area contributed by atoms with E-state index in [0.717, 1.165) is 114 Å². The molecule has 59 heavy (non-hydrogen) atoms. The van der Waals surface area contributed by atoms with Crippen molar-refractivity contribution in [1.29, 1.82) is 0 Å². The number of nitrogens with zero attached hydrogens (tertiary/aromatic N) is 1. The lowest BCUT2D eigenvalue weighted by Crippen LogP contribution is -2.52. The molecule has 9 aliphatic carbocycles. The molecule has 0 aromatic carbocycles. The third kappa shape index (κ3) is 8.59. The van der Waals surface area contributed by atoms with Gasteiger partial charge in [-0.05, 0) is 244 Å². The van der Waals surface area contributed by atoms with Crippen molar-refractivity contribution in [3.05, 3.63) is 35.5 Å². The molecule has 0 spiro atoms. The predicted octanol–water partition coefficient (Wildman–Crippen LogP) is 13.8. The summed E-state index contributed by atoms with van der Waals surface area (Å²) in [7, 11) is 0. The van der Waals surface area contributed by atoms with Gasteiger partial charge in [0, 0.05) is 43.4 Å². The van der Waals surface area contributed by atoms with E-state index in [4.69, 9.17) is 4.74 Å². The molecule has 11 rings (SSSR count). The first kappa shape index (κ1) is 40.8. The van der Waals surface area contributed by atoms with Crippen LogP contribution in [-0.2, 0) is 4.74 Å². The quantitative estimate of drug-likeness (QED) is 0.211. The molecule has 0 radical (unpaired) electrons. The van der Waals surface area contributed by atoms with Gasteiger partial charge in [0.25, 0.3) is 0 Å². The molecule has 3 nitrogen and oxygen atoms in total. The zero-order chi connectivity index (χ0) is 39.1. The zero-order valence-electron chi connectivity index (χ0n) is 37.8. The Balaban J connectivity index is 0.797. The second-order valence-electron chi connectivity index (χ2n) is 23.8. The number of fused-ring (bicyclic) bond motifs is 6. The van der Waals surface area contributed by atoms with E-state index < -0.39 is 0 Å². The standard InChI is InChI=1S/C56H88N2O/c1-4-13-38(14-5-1)23-27-54(57-45-18-8-3-9-19-45)42-17-12-20-46(32-42)58-55-28-25-41(34-52(55)53-35-44(36-56(53)58)43-29-30-59-37-43)40-24-26-49-50(31-39-15-6-2-7-16-39)47-21-10-11-22-48(47)51(49)33-40/h11,13,15,22,40-57H,1-10,12,14,16-21,23-37H2/t40?,41?,42?,43?,44-,46?,47?,48?,49?,50?,51?,52?,53?,54?,55?,56?/m1/s1. The first-order valence-corrected chi connectivity index (χ1v) is 27.4. The molecule has 0 aromatic heterocycles. The number of nitrogens with one attached hydrogen (secondary N) is 1. The summed E-state index contributed by atoms with van der Waals surface area (Å²) in [6.45, 7) is 2.10. The molecule has 6 saturated carbocycles. The Morgan fingerprint density at radius 1 is 0.593 bits per heavy atom. The molecule has 2 aliphatic heterocycles. The van der Waals surface area contributed by atoms with Crippen molar-refractivity contribution in [3.8, 4) is 0 Å². The minimum Gasteiger partial charge on any atom is -0.381 e. The average Bonchev–Trinajstić information content (AvgIpc) is 4.10. The van der Waals surface area contributed by atoms with Crippen molar-refractivity contribution in [2.75, 3.05) is 13.2 Å². The van der Waals surface area contributed by atoms with Crippen LogP contribution in [0.4, 0.5) is 0 Å². The third-order valence-corrected chi connectivity index (χ3v) is 21.0. The fourth-order valence-corrected chi connectivity index (χ4v) is 18.3. The number of hydrogen-bond donors (Lipinski definition) is 1. The van der Waals surface area contributed by atoms with Crippen LogP contribution in [0, 0.1) is 71.0 Å². The summed E-state index contributed by atoms with van der Waals surface area (Å²) in [5.41, 5.74) is 3.68. The summed E-state index contributed by atoms with van der Waals surface area (Å²) in [6.07, 6.45) is 56.1. The monoisotopic (exact) mass is 805 g/mol. The van der Waals surface area contributed by atoms with Gasteiger partial charge in [-0.25, -0.2) is 0 Å². The minimum absolute atomic E-state index is 0.740. The first-order chi connectivity index (χ1) is 29.2. The SMILES string of the molecule is C1=CC2C3CC(C4CCC5C(C4)C4C[C@@H](C6CCOC6)CC4N5C4CCCC(C(CCC5=CCCCC5)NC5CCCCC5)C4)CCC3C(CC3=CCCCC3)C2CC1. The van der Waals surface area contributed by atoms with Gasteiger partial charge < -0.3 is 10.1 Å². The highest BCUT2D eigenvalue weighted by Crippen LogP contribution is 2.62. The van der Waals surface area contributed by atoms with E-state index in [1.54, 1.807) is 38.5 Å². The Morgan fingerprint density at radius 3 is 2.20 bits per heavy atom. The van der Waals surface area contributed by atoms with E-state index in [9.17, 15) is 0 Å². The average molecular weight is 805 g/mol. The van der Waals surface area contributed by atoms with E-state index >= 15 is 0 Å². The highest BCUT2D eigenvalue weighted by Gasteiger charge is 2.59. The molecule has 2 heterocycles. The van der Waals surface area contributed by atoms with Gasteiger partial charge in [0.05, 0.1) is 0 Å². The highest BCUT2D eigenvalue weighted by molar-refractivity contribution is 5.16. The Kier molecular flexibility index (Phi) is 12.9. The molecule has 0 aromatic rings. The van der Waals surface area contributed by atoms with Gasteiger partial charge in [-0.2, -0.15) is 0 Å². The van der Waals surface area contributed by atoms with E-state index in [1.165, 1.54) is 161 Å². The van der Waals surface area contributed by atoms with E-state index in [-0.39, 0.29) is 0 Å². The Morgan fingerprint density at radius 2 is 1.39 bits per heavy atom. The molecule has 11 aliphatic rings. The topological polar surface area (TPSA) is 24.5 Å². The lowest BCUT2D eigenvalue weighted by atomic mass is 9.62. The van der Waals surface area contributed by atoms with Crippen molar-refractivity contribution >= 4 is 0 Å². The smallest absolute Gasteiger partial charge is 0.0497 e. The van der Waals surface area contributed by atoms with Crippen molar-refractivity contribution in [2.24, 2.45) is 71.0 Å². The van der Waals surface area contributed by atoms with Crippen LogP contribution in [0.1, 0.15) is 199 Å². The van der Waals surface area contributed by atoms with Gasteiger partial charge in [0.15, 0.2) is 0 Å². The van der Waals surface area contributed by atoms with Crippen LogP contribution >= 0.6 is 0 Å². The normalized spacial score (nSPS) is 45.9. The zero-order valence-corrected chi connectivity index (χ0v) is 37.8. The van der Waals surface area contributed by atoms with Crippen LogP contribution in [0.3, 0.4) is 0 Å². The molecule has 1 N–H and O–H groups in total. The van der Waals surface area contributed by atoms with Crippen LogP contribution < -0.4 is 5.32 Å². The number of likely N-dealkylation sites (tertiary alicyclic amines) is 1. The first-order valence-electron chi connectivity index (χ1n) is 27.4. The van der Waals surface area contributed by atoms with Gasteiger partial charge >= 0.3 is 0 Å². The molecule has 0 amide bonds. The molecule has 0 bridgehead atoms. The van der Waals surface area contributed by atoms with Crippen molar-refractivity contribution in [3.63, 3.8) is 0 Å².